The van der Waals surface area contributed by atoms with Crippen molar-refractivity contribution < 1.29 is 38.7 Å². The third kappa shape index (κ3) is 13.5. The molecule has 0 aliphatic heterocycles. The Morgan fingerprint density at radius 3 is 2.43 bits per heavy atom. The van der Waals surface area contributed by atoms with Crippen LogP contribution in [-0.2, 0) is 32.1 Å². The molecule has 3 amide bonds. The number of esters is 1. The fourth-order valence-corrected chi connectivity index (χ4v) is 4.86. The zero-order valence-corrected chi connectivity index (χ0v) is 31.1. The van der Waals surface area contributed by atoms with Crippen LogP contribution in [0.15, 0.2) is 59.7 Å². The van der Waals surface area contributed by atoms with E-state index < -0.39 is 34.7 Å². The molecule has 2 aromatic heterocycles. The Bertz CT molecular complexity index is 2010. The second-order valence-electron chi connectivity index (χ2n) is 12.3. The number of aliphatic hydroxyl groups excluding tert-OH is 1. The Morgan fingerprint density at radius 1 is 1.00 bits per heavy atom. The minimum atomic E-state index is -1.07. The van der Waals surface area contributed by atoms with E-state index in [1.807, 2.05) is 0 Å². The number of ether oxygens (including phenoxy) is 2. The van der Waals surface area contributed by atoms with Crippen LogP contribution in [0.1, 0.15) is 41.4 Å². The zero-order chi connectivity index (χ0) is 40.5. The molecule has 0 aliphatic rings. The molecule has 20 nitrogen and oxygen atoms in total. The minimum absolute atomic E-state index is 0.00541. The van der Waals surface area contributed by atoms with Crippen molar-refractivity contribution in [1.29, 1.82) is 0 Å². The monoisotopic (exact) mass is 773 g/mol. The Hall–Kier alpha value is -6.83. The number of carbonyl (C=O) groups excluding carboxylic acids is 4. The van der Waals surface area contributed by atoms with Crippen LogP contribution >= 0.6 is 0 Å². The van der Waals surface area contributed by atoms with Gasteiger partial charge in [0.1, 0.15) is 12.6 Å². The molecule has 4 aromatic rings. The first-order chi connectivity index (χ1) is 26.9. The van der Waals surface area contributed by atoms with E-state index in [9.17, 15) is 29.3 Å². The van der Waals surface area contributed by atoms with E-state index in [4.69, 9.17) is 14.6 Å². The lowest BCUT2D eigenvalue weighted by Crippen LogP contribution is -2.48. The maximum Gasteiger partial charge on any atom is 0.302 e. The summed E-state index contributed by atoms with van der Waals surface area (Å²) in [7, 11) is 3.60. The molecule has 0 bridgehead atoms. The van der Waals surface area contributed by atoms with Crippen molar-refractivity contribution >= 4 is 58.5 Å². The van der Waals surface area contributed by atoms with Gasteiger partial charge in [0.25, 0.3) is 17.5 Å². The van der Waals surface area contributed by atoms with Crippen LogP contribution < -0.4 is 26.0 Å². The third-order valence-corrected chi connectivity index (χ3v) is 7.64. The average molecular weight is 774 g/mol. The molecular weight excluding hydrogens is 730 g/mol. The van der Waals surface area contributed by atoms with E-state index in [1.54, 1.807) is 61.6 Å². The number of non-ortho nitro benzene ring substituents is 1. The van der Waals surface area contributed by atoms with Gasteiger partial charge in [0.2, 0.25) is 17.7 Å². The quantitative estimate of drug-likeness (QED) is 0.0200. The highest BCUT2D eigenvalue weighted by atomic mass is 16.6. The predicted molar refractivity (Wildman–Crippen MR) is 203 cm³/mol. The summed E-state index contributed by atoms with van der Waals surface area (Å²) in [4.78, 5) is 83.6. The maximum absolute atomic E-state index is 13.1. The van der Waals surface area contributed by atoms with E-state index in [0.29, 0.717) is 23.3 Å². The van der Waals surface area contributed by atoms with Crippen molar-refractivity contribution in [3.8, 4) is 5.88 Å². The molecule has 0 spiro atoms. The molecule has 0 fully saturated rings. The molecule has 20 heteroatoms. The Kier molecular flexibility index (Phi) is 15.8. The molecule has 0 saturated carbocycles. The number of nitro benzene ring substituents is 1. The van der Waals surface area contributed by atoms with Crippen LogP contribution in [0.3, 0.4) is 0 Å². The van der Waals surface area contributed by atoms with Gasteiger partial charge in [0.15, 0.2) is 11.2 Å². The topological polar surface area (TPSA) is 265 Å². The molecule has 4 rings (SSSR count). The molecule has 2 aromatic carbocycles. The summed E-state index contributed by atoms with van der Waals surface area (Å²) in [6.45, 7) is 1.44. The zero-order valence-electron chi connectivity index (χ0n) is 31.1. The van der Waals surface area contributed by atoms with Crippen LogP contribution in [-0.4, -0.2) is 118 Å². The van der Waals surface area contributed by atoms with Crippen molar-refractivity contribution in [2.45, 2.75) is 38.8 Å². The van der Waals surface area contributed by atoms with Crippen LogP contribution in [0.2, 0.25) is 0 Å². The number of nitro groups is 1. The van der Waals surface area contributed by atoms with Gasteiger partial charge in [-0.25, -0.2) is 15.0 Å². The lowest BCUT2D eigenvalue weighted by Gasteiger charge is -2.18. The van der Waals surface area contributed by atoms with Crippen molar-refractivity contribution in [3.63, 3.8) is 0 Å². The number of hydrogen-bond donors (Lipinski definition) is 5. The summed E-state index contributed by atoms with van der Waals surface area (Å²) in [6.07, 6.45) is 3.42. The van der Waals surface area contributed by atoms with Crippen molar-refractivity contribution in [2.24, 2.45) is 4.99 Å². The number of amides is 3. The number of fused-ring (bicyclic) bond motifs is 1. The molecule has 0 saturated heterocycles. The number of aliphatic imine (C=N–C) groups is 1. The first-order valence-corrected chi connectivity index (χ1v) is 17.5. The standard InChI is InChI=1S/C36H43N11O9/c1-23(49)55-19-16-38-34(52)29(12-13-30(50)37-15-17-48)43-33(51)25-6-8-26(9-7-25)39-20-27-21-40-32-31(42-27)35(45-36(44-32)41-22-46(2)3)56-18-14-24-4-10-28(11-5-24)47(53)54/h4-11,21-22,29,39,48H,12-20H2,1-3H3,(H,37,50)(H,38,52)(H,43,51)/b41-22+/t29-/m0/s1. The normalized spacial score (nSPS) is 11.4. The number of anilines is 1. The Labute approximate surface area is 321 Å². The number of nitrogens with zero attached hydrogens (tertiary/aromatic N) is 7. The van der Waals surface area contributed by atoms with Gasteiger partial charge in [-0.05, 0) is 36.2 Å². The van der Waals surface area contributed by atoms with E-state index in [-0.39, 0.29) is 81.0 Å². The molecule has 0 aliphatic carbocycles. The molecular formula is C36H43N11O9. The van der Waals surface area contributed by atoms with Gasteiger partial charge in [-0.2, -0.15) is 9.97 Å². The molecule has 2 heterocycles. The highest BCUT2D eigenvalue weighted by Gasteiger charge is 2.22. The van der Waals surface area contributed by atoms with Crippen LogP contribution in [0.5, 0.6) is 5.88 Å². The van der Waals surface area contributed by atoms with Crippen LogP contribution in [0.4, 0.5) is 17.3 Å². The van der Waals surface area contributed by atoms with Crippen LogP contribution in [0, 0.1) is 10.1 Å². The van der Waals surface area contributed by atoms with Gasteiger partial charge < -0.3 is 40.7 Å². The van der Waals surface area contributed by atoms with Gasteiger partial charge in [-0.15, -0.1) is 0 Å². The van der Waals surface area contributed by atoms with Crippen molar-refractivity contribution in [2.75, 3.05) is 52.3 Å². The minimum Gasteiger partial charge on any atom is -0.476 e. The van der Waals surface area contributed by atoms with Gasteiger partial charge in [-0.1, -0.05) is 12.1 Å². The molecule has 296 valence electrons. The summed E-state index contributed by atoms with van der Waals surface area (Å²) in [5.74, 6) is -1.73. The lowest BCUT2D eigenvalue weighted by atomic mass is 10.1. The Morgan fingerprint density at radius 2 is 1.75 bits per heavy atom. The molecule has 56 heavy (non-hydrogen) atoms. The Balaban J connectivity index is 1.41. The number of carbonyl (C=O) groups is 4. The summed E-state index contributed by atoms with van der Waals surface area (Å²) < 4.78 is 10.8. The first kappa shape index (κ1) is 41.9. The largest absolute Gasteiger partial charge is 0.476 e. The number of benzene rings is 2. The number of hydrogen-bond acceptors (Lipinski definition) is 15. The van der Waals surface area contributed by atoms with Crippen molar-refractivity contribution in [3.05, 3.63) is 81.7 Å². The molecule has 1 atom stereocenters. The first-order valence-electron chi connectivity index (χ1n) is 17.5. The number of aliphatic hydroxyl groups is 1. The van der Waals surface area contributed by atoms with Gasteiger partial charge >= 0.3 is 5.97 Å². The van der Waals surface area contributed by atoms with E-state index >= 15 is 0 Å². The summed E-state index contributed by atoms with van der Waals surface area (Å²) >= 11 is 0. The van der Waals surface area contributed by atoms with Gasteiger partial charge in [-0.3, -0.25) is 29.3 Å². The van der Waals surface area contributed by atoms with Gasteiger partial charge in [0, 0.05) is 63.8 Å². The predicted octanol–water partition coefficient (Wildman–Crippen LogP) is 1.45. The number of rotatable bonds is 21. The summed E-state index contributed by atoms with van der Waals surface area (Å²) in [5.41, 5.74) is 2.82. The van der Waals surface area contributed by atoms with E-state index in [0.717, 1.165) is 5.56 Å². The number of aromatic nitrogens is 4. The summed E-state index contributed by atoms with van der Waals surface area (Å²) in [5, 5.41) is 30.9. The lowest BCUT2D eigenvalue weighted by molar-refractivity contribution is -0.384. The third-order valence-electron chi connectivity index (χ3n) is 7.64. The smallest absolute Gasteiger partial charge is 0.302 e. The highest BCUT2D eigenvalue weighted by molar-refractivity contribution is 5.98. The maximum atomic E-state index is 13.1. The fourth-order valence-electron chi connectivity index (χ4n) is 4.86. The van der Waals surface area contributed by atoms with E-state index in [1.165, 1.54) is 25.4 Å². The van der Waals surface area contributed by atoms with Gasteiger partial charge in [0.05, 0.1) is 49.5 Å². The fraction of sp³-hybridized carbons (Fsp3) is 0.361. The van der Waals surface area contributed by atoms with E-state index in [2.05, 4.69) is 46.2 Å². The summed E-state index contributed by atoms with van der Waals surface area (Å²) in [6, 6.07) is 11.6. The SMILES string of the molecule is CC(=O)OCCNC(=O)[C@H](CCC(=O)NCCO)NC(=O)c1ccc(NCc2cnc3nc(/N=C/N(C)C)nc(OCCc4ccc([N+](=O)[O-])cc4)c3n2)cc1. The second-order valence-corrected chi connectivity index (χ2v) is 12.3. The molecule has 0 unspecified atom stereocenters. The molecule has 0 radical (unpaired) electrons. The number of nitrogens with one attached hydrogen (secondary N) is 4. The van der Waals surface area contributed by atoms with Crippen LogP contribution in [0.25, 0.3) is 11.2 Å². The highest BCUT2D eigenvalue weighted by Crippen LogP contribution is 2.23. The average Bonchev–Trinajstić information content (AvgIpc) is 3.18. The van der Waals surface area contributed by atoms with Crippen molar-refractivity contribution in [1.82, 2.24) is 40.8 Å². The second kappa shape index (κ2) is 21.2. The molecule has 5 N–H and O–H groups in total.